The number of benzene rings is 1. The predicted molar refractivity (Wildman–Crippen MR) is 86.1 cm³/mol. The molecule has 0 heterocycles. The highest BCUT2D eigenvalue weighted by Crippen LogP contribution is 2.01. The van der Waals surface area contributed by atoms with Crippen LogP contribution in [0.4, 0.5) is 4.79 Å². The molecule has 1 rings (SSSR count). The first-order valence-electron chi connectivity index (χ1n) is 6.10. The van der Waals surface area contributed by atoms with Crippen molar-refractivity contribution >= 4 is 28.3 Å². The SMILES string of the molecule is C=CC(=O)O.CCOC(N)=O.O=S(=O)(O)C=Cc1ccccc1. The third-order valence-corrected chi connectivity index (χ3v) is 2.17. The average molecular weight is 345 g/mol. The fourth-order valence-electron chi connectivity index (χ4n) is 0.871. The fraction of sp³-hybridized carbons (Fsp3) is 0.143. The van der Waals surface area contributed by atoms with Crippen LogP contribution >= 0.6 is 0 Å². The number of aliphatic carboxylic acids is 1. The normalized spacial score (nSPS) is 9.65. The maximum absolute atomic E-state index is 10.3. The number of primary amides is 1. The smallest absolute Gasteiger partial charge is 0.404 e. The van der Waals surface area contributed by atoms with Crippen molar-refractivity contribution in [3.63, 3.8) is 0 Å². The Kier molecular flexibility index (Phi) is 12.8. The van der Waals surface area contributed by atoms with E-state index in [9.17, 15) is 18.0 Å². The molecule has 4 N–H and O–H groups in total. The largest absolute Gasteiger partial charge is 0.478 e. The van der Waals surface area contributed by atoms with Gasteiger partial charge in [0, 0.05) is 6.08 Å². The molecule has 9 heteroatoms. The Morgan fingerprint density at radius 1 is 1.30 bits per heavy atom. The van der Waals surface area contributed by atoms with E-state index in [0.717, 1.165) is 17.0 Å². The third kappa shape index (κ3) is 21.8. The molecule has 0 saturated heterocycles. The minimum absolute atomic E-state index is 0.356. The summed E-state index contributed by atoms with van der Waals surface area (Å²) < 4.78 is 33.1. The summed E-state index contributed by atoms with van der Waals surface area (Å²) in [6.45, 7) is 5.02. The van der Waals surface area contributed by atoms with Gasteiger partial charge in [0.05, 0.1) is 12.0 Å². The number of nitrogens with two attached hydrogens (primary N) is 1. The van der Waals surface area contributed by atoms with Gasteiger partial charge in [0.2, 0.25) is 0 Å². The standard InChI is InChI=1S/C8H8O3S.C3H7NO2.C3H4O2/c9-12(10,11)7-6-8-4-2-1-3-5-8;1-2-6-3(4)5;1-2-3(4)5/h1-7H,(H,9,10,11);2H2,1H3,(H2,4,5);2H,1H2,(H,4,5). The van der Waals surface area contributed by atoms with Crippen LogP contribution in [-0.2, 0) is 19.6 Å². The Hall–Kier alpha value is -2.65. The molecule has 0 aliphatic heterocycles. The van der Waals surface area contributed by atoms with Gasteiger partial charge < -0.3 is 15.6 Å². The van der Waals surface area contributed by atoms with E-state index in [1.165, 1.54) is 6.08 Å². The van der Waals surface area contributed by atoms with Crippen LogP contribution in [0.3, 0.4) is 0 Å². The Morgan fingerprint density at radius 3 is 2.04 bits per heavy atom. The molecular formula is C14H19NO7S. The minimum Gasteiger partial charge on any atom is -0.478 e. The summed E-state index contributed by atoms with van der Waals surface area (Å²) in [6.07, 6.45) is 1.45. The topological polar surface area (TPSA) is 144 Å². The molecule has 0 saturated carbocycles. The number of ether oxygens (including phenoxy) is 1. The van der Waals surface area contributed by atoms with Crippen LogP contribution in [0.2, 0.25) is 0 Å². The van der Waals surface area contributed by atoms with Crippen molar-refractivity contribution in [3.8, 4) is 0 Å². The van der Waals surface area contributed by atoms with Crippen molar-refractivity contribution in [2.75, 3.05) is 6.61 Å². The maximum atomic E-state index is 10.3. The van der Waals surface area contributed by atoms with Crippen molar-refractivity contribution < 1.29 is 32.4 Å². The Labute approximate surface area is 134 Å². The zero-order valence-electron chi connectivity index (χ0n) is 12.5. The number of carboxylic acids is 1. The third-order valence-electron chi connectivity index (χ3n) is 1.69. The van der Waals surface area contributed by atoms with Gasteiger partial charge in [-0.15, -0.1) is 0 Å². The van der Waals surface area contributed by atoms with Gasteiger partial charge in [-0.1, -0.05) is 36.9 Å². The second-order valence-electron chi connectivity index (χ2n) is 3.52. The number of hydrogen-bond donors (Lipinski definition) is 3. The Balaban J connectivity index is 0. The zero-order valence-corrected chi connectivity index (χ0v) is 13.3. The van der Waals surface area contributed by atoms with E-state index in [-0.39, 0.29) is 0 Å². The molecule has 1 aromatic carbocycles. The van der Waals surface area contributed by atoms with Crippen molar-refractivity contribution in [3.05, 3.63) is 54.0 Å². The minimum atomic E-state index is -4.00. The van der Waals surface area contributed by atoms with Gasteiger partial charge in [-0.3, -0.25) is 4.55 Å². The lowest BCUT2D eigenvalue weighted by molar-refractivity contribution is -0.131. The van der Waals surface area contributed by atoms with Gasteiger partial charge in [-0.25, -0.2) is 9.59 Å². The summed E-state index contributed by atoms with van der Waals surface area (Å²) in [6, 6.07) is 8.86. The van der Waals surface area contributed by atoms with Gasteiger partial charge in [0.25, 0.3) is 10.1 Å². The molecule has 1 aromatic rings. The molecule has 0 aliphatic carbocycles. The summed E-state index contributed by atoms with van der Waals surface area (Å²) in [7, 11) is -4.00. The van der Waals surface area contributed by atoms with Crippen LogP contribution in [-0.4, -0.2) is 36.7 Å². The second kappa shape index (κ2) is 13.0. The summed E-state index contributed by atoms with van der Waals surface area (Å²) in [5.41, 5.74) is 5.27. The molecule has 0 fully saturated rings. The summed E-state index contributed by atoms with van der Waals surface area (Å²) >= 11 is 0. The van der Waals surface area contributed by atoms with Crippen LogP contribution < -0.4 is 5.73 Å². The summed E-state index contributed by atoms with van der Waals surface area (Å²) in [4.78, 5) is 18.8. The highest BCUT2D eigenvalue weighted by Gasteiger charge is 1.94. The molecule has 0 radical (unpaired) electrons. The quantitative estimate of drug-likeness (QED) is 0.558. The first kappa shape index (κ1) is 22.6. The lowest BCUT2D eigenvalue weighted by Crippen LogP contribution is -2.11. The van der Waals surface area contributed by atoms with Gasteiger partial charge >= 0.3 is 12.1 Å². The average Bonchev–Trinajstić information content (AvgIpc) is 2.46. The number of amides is 1. The van der Waals surface area contributed by atoms with Crippen LogP contribution in [0.15, 0.2) is 48.4 Å². The number of carbonyl (C=O) groups excluding carboxylic acids is 1. The number of hydrogen-bond acceptors (Lipinski definition) is 5. The van der Waals surface area contributed by atoms with Gasteiger partial charge in [-0.05, 0) is 18.6 Å². The molecule has 8 nitrogen and oxygen atoms in total. The monoisotopic (exact) mass is 345 g/mol. The summed E-state index contributed by atoms with van der Waals surface area (Å²) in [5, 5.41) is 8.36. The van der Waals surface area contributed by atoms with Crippen LogP contribution in [0, 0.1) is 0 Å². The fourth-order valence-corrected chi connectivity index (χ4v) is 1.20. The van der Waals surface area contributed by atoms with E-state index in [0.29, 0.717) is 6.61 Å². The van der Waals surface area contributed by atoms with Crippen molar-refractivity contribution in [1.29, 1.82) is 0 Å². The van der Waals surface area contributed by atoms with Crippen LogP contribution in [0.5, 0.6) is 0 Å². The first-order valence-corrected chi connectivity index (χ1v) is 7.60. The molecule has 0 atom stereocenters. The van der Waals surface area contributed by atoms with Gasteiger partial charge in [0.15, 0.2) is 0 Å². The van der Waals surface area contributed by atoms with Gasteiger partial charge in [-0.2, -0.15) is 8.42 Å². The highest BCUT2D eigenvalue weighted by atomic mass is 32.2. The van der Waals surface area contributed by atoms with Crippen molar-refractivity contribution in [1.82, 2.24) is 0 Å². The molecule has 0 bridgehead atoms. The molecule has 0 unspecified atom stereocenters. The van der Waals surface area contributed by atoms with Crippen LogP contribution in [0.25, 0.3) is 6.08 Å². The molecule has 128 valence electrons. The number of carbonyl (C=O) groups is 2. The molecule has 23 heavy (non-hydrogen) atoms. The van der Waals surface area contributed by atoms with Crippen molar-refractivity contribution in [2.24, 2.45) is 5.73 Å². The molecular weight excluding hydrogens is 326 g/mol. The molecule has 1 amide bonds. The van der Waals surface area contributed by atoms with Crippen LogP contribution in [0.1, 0.15) is 12.5 Å². The Morgan fingerprint density at radius 2 is 1.78 bits per heavy atom. The zero-order chi connectivity index (χ0) is 18.3. The molecule has 0 spiro atoms. The molecule has 0 aromatic heterocycles. The lowest BCUT2D eigenvalue weighted by atomic mass is 10.2. The lowest BCUT2D eigenvalue weighted by Gasteiger charge is -1.89. The van der Waals surface area contributed by atoms with E-state index in [1.807, 2.05) is 6.07 Å². The first-order chi connectivity index (χ1) is 10.6. The van der Waals surface area contributed by atoms with E-state index in [1.54, 1.807) is 31.2 Å². The van der Waals surface area contributed by atoms with Crippen molar-refractivity contribution in [2.45, 2.75) is 6.92 Å². The van der Waals surface area contributed by atoms with E-state index in [2.05, 4.69) is 17.0 Å². The molecule has 0 aliphatic rings. The van der Waals surface area contributed by atoms with E-state index in [4.69, 9.17) is 9.66 Å². The highest BCUT2D eigenvalue weighted by molar-refractivity contribution is 7.88. The van der Waals surface area contributed by atoms with E-state index < -0.39 is 22.2 Å². The number of rotatable bonds is 4. The predicted octanol–water partition coefficient (Wildman–Crippen LogP) is 1.90. The maximum Gasteiger partial charge on any atom is 0.404 e. The Bertz CT molecular complexity index is 609. The second-order valence-corrected chi connectivity index (χ2v) is 4.82. The summed E-state index contributed by atoms with van der Waals surface area (Å²) in [5.74, 6) is -0.981. The number of carboxylic acid groups (broad SMARTS) is 1. The van der Waals surface area contributed by atoms with E-state index >= 15 is 0 Å². The van der Waals surface area contributed by atoms with Gasteiger partial charge in [0.1, 0.15) is 0 Å².